The molecule has 146 valence electrons. The number of methoxy groups -OCH3 is 1. The monoisotopic (exact) mass is 448 g/mol. The average Bonchev–Trinajstić information content (AvgIpc) is 2.65. The van der Waals surface area contributed by atoms with E-state index in [9.17, 15) is 8.42 Å². The Balaban J connectivity index is 1.68. The zero-order chi connectivity index (χ0) is 19.6. The first-order valence-electron chi connectivity index (χ1n) is 8.31. The van der Waals surface area contributed by atoms with E-state index in [1.54, 1.807) is 7.11 Å². The molecule has 0 unspecified atom stereocenters. The number of nitrogens with zero attached hydrogens (tertiary/aromatic N) is 2. The molecule has 1 saturated heterocycles. The van der Waals surface area contributed by atoms with E-state index >= 15 is 0 Å². The smallest absolute Gasteiger partial charge is 0.244 e. The van der Waals surface area contributed by atoms with Crippen LogP contribution in [0.1, 0.15) is 5.56 Å². The van der Waals surface area contributed by atoms with Crippen molar-refractivity contribution in [2.45, 2.75) is 11.4 Å². The Kier molecular flexibility index (Phi) is 6.56. The Bertz CT molecular complexity index is 929. The third kappa shape index (κ3) is 4.70. The van der Waals surface area contributed by atoms with Crippen LogP contribution < -0.4 is 4.74 Å². The van der Waals surface area contributed by atoms with Gasteiger partial charge in [-0.15, -0.1) is 0 Å². The molecular weight excluding hydrogens is 431 g/mol. The van der Waals surface area contributed by atoms with E-state index in [1.807, 2.05) is 24.3 Å². The molecule has 2 aromatic rings. The number of ether oxygens (including phenoxy) is 1. The zero-order valence-electron chi connectivity index (χ0n) is 14.7. The second-order valence-corrected chi connectivity index (χ2v) is 9.36. The molecule has 1 aliphatic rings. The lowest BCUT2D eigenvalue weighted by molar-refractivity contribution is 0.181. The molecule has 0 aromatic heterocycles. The summed E-state index contributed by atoms with van der Waals surface area (Å²) in [4.78, 5) is 2.19. The lowest BCUT2D eigenvalue weighted by Crippen LogP contribution is -2.48. The van der Waals surface area contributed by atoms with Gasteiger partial charge in [-0.2, -0.15) is 4.31 Å². The highest BCUT2D eigenvalue weighted by molar-refractivity contribution is 7.89. The van der Waals surface area contributed by atoms with Gasteiger partial charge in [0.25, 0.3) is 0 Å². The van der Waals surface area contributed by atoms with Crippen LogP contribution in [0.15, 0.2) is 41.3 Å². The van der Waals surface area contributed by atoms with Crippen molar-refractivity contribution in [2.24, 2.45) is 0 Å². The number of sulfonamides is 1. The van der Waals surface area contributed by atoms with Crippen LogP contribution in [0, 0.1) is 0 Å². The molecule has 0 spiro atoms. The molecule has 5 nitrogen and oxygen atoms in total. The largest absolute Gasteiger partial charge is 0.497 e. The van der Waals surface area contributed by atoms with Crippen molar-refractivity contribution in [1.82, 2.24) is 9.21 Å². The molecule has 0 atom stereocenters. The van der Waals surface area contributed by atoms with Crippen molar-refractivity contribution in [3.05, 3.63) is 57.0 Å². The van der Waals surface area contributed by atoms with Crippen LogP contribution in [0.2, 0.25) is 15.1 Å². The van der Waals surface area contributed by atoms with E-state index in [-0.39, 0.29) is 20.0 Å². The third-order valence-electron chi connectivity index (χ3n) is 4.46. The topological polar surface area (TPSA) is 49.9 Å². The summed E-state index contributed by atoms with van der Waals surface area (Å²) in [5.41, 5.74) is 1.12. The van der Waals surface area contributed by atoms with Gasteiger partial charge in [0.1, 0.15) is 10.6 Å². The molecule has 27 heavy (non-hydrogen) atoms. The van der Waals surface area contributed by atoms with Crippen LogP contribution in [0.25, 0.3) is 0 Å². The lowest BCUT2D eigenvalue weighted by Gasteiger charge is -2.34. The van der Waals surface area contributed by atoms with Crippen molar-refractivity contribution in [3.8, 4) is 5.75 Å². The minimum Gasteiger partial charge on any atom is -0.497 e. The molecule has 0 bridgehead atoms. The molecule has 9 heteroatoms. The Labute approximate surface area is 174 Å². The maximum Gasteiger partial charge on any atom is 0.244 e. The van der Waals surface area contributed by atoms with Crippen LogP contribution in [-0.2, 0) is 16.6 Å². The first-order valence-corrected chi connectivity index (χ1v) is 10.9. The fourth-order valence-corrected chi connectivity index (χ4v) is 5.40. The van der Waals surface area contributed by atoms with E-state index in [0.29, 0.717) is 26.2 Å². The molecule has 0 saturated carbocycles. The van der Waals surface area contributed by atoms with Crippen LogP contribution in [0.4, 0.5) is 0 Å². The SMILES string of the molecule is COc1cccc(CN2CCN(S(=O)(=O)c3cc(Cl)c(Cl)cc3Cl)CC2)c1. The van der Waals surface area contributed by atoms with Gasteiger partial charge in [-0.05, 0) is 29.8 Å². The molecule has 1 fully saturated rings. The quantitative estimate of drug-likeness (QED) is 0.643. The van der Waals surface area contributed by atoms with E-state index in [0.717, 1.165) is 17.9 Å². The van der Waals surface area contributed by atoms with E-state index in [4.69, 9.17) is 39.5 Å². The van der Waals surface area contributed by atoms with Crippen molar-refractivity contribution in [2.75, 3.05) is 33.3 Å². The third-order valence-corrected chi connectivity index (χ3v) is 7.55. The zero-order valence-corrected chi connectivity index (χ0v) is 17.7. The van der Waals surface area contributed by atoms with E-state index < -0.39 is 10.0 Å². The molecule has 0 amide bonds. The molecule has 2 aromatic carbocycles. The minimum atomic E-state index is -3.73. The van der Waals surface area contributed by atoms with E-state index in [2.05, 4.69) is 4.90 Å². The van der Waals surface area contributed by atoms with Gasteiger partial charge in [0.15, 0.2) is 0 Å². The maximum absolute atomic E-state index is 12.9. The van der Waals surface area contributed by atoms with Gasteiger partial charge >= 0.3 is 0 Å². The fourth-order valence-electron chi connectivity index (χ4n) is 3.00. The molecule has 1 heterocycles. The molecule has 0 aliphatic carbocycles. The summed E-state index contributed by atoms with van der Waals surface area (Å²) < 4.78 is 32.5. The minimum absolute atomic E-state index is 0.0141. The average molecular weight is 450 g/mol. The predicted molar refractivity (Wildman–Crippen MR) is 109 cm³/mol. The van der Waals surface area contributed by atoms with Gasteiger partial charge in [-0.3, -0.25) is 4.90 Å². The molecular formula is C18H19Cl3N2O3S. The van der Waals surface area contributed by atoms with Crippen LogP contribution in [0.5, 0.6) is 5.75 Å². The summed E-state index contributed by atoms with van der Waals surface area (Å²) in [7, 11) is -2.09. The Morgan fingerprint density at radius 2 is 1.63 bits per heavy atom. The van der Waals surface area contributed by atoms with Crippen LogP contribution in [-0.4, -0.2) is 50.9 Å². The van der Waals surface area contributed by atoms with Gasteiger partial charge in [-0.25, -0.2) is 8.42 Å². The number of hydrogen-bond donors (Lipinski definition) is 0. The van der Waals surface area contributed by atoms with Crippen molar-refractivity contribution >= 4 is 44.8 Å². The van der Waals surface area contributed by atoms with Crippen molar-refractivity contribution < 1.29 is 13.2 Å². The highest BCUT2D eigenvalue weighted by Gasteiger charge is 2.30. The molecule has 3 rings (SSSR count). The summed E-state index contributed by atoms with van der Waals surface area (Å²) >= 11 is 18.0. The van der Waals surface area contributed by atoms with Crippen LogP contribution in [0.3, 0.4) is 0 Å². The summed E-state index contributed by atoms with van der Waals surface area (Å²) in [6, 6.07) is 10.5. The fraction of sp³-hybridized carbons (Fsp3) is 0.333. The predicted octanol–water partition coefficient (Wildman–Crippen LogP) is 4.16. The number of benzene rings is 2. The summed E-state index contributed by atoms with van der Waals surface area (Å²) in [6.45, 7) is 2.73. The molecule has 1 aliphatic heterocycles. The van der Waals surface area contributed by atoms with Gasteiger partial charge in [0, 0.05) is 32.7 Å². The molecule has 0 radical (unpaired) electrons. The van der Waals surface area contributed by atoms with Crippen LogP contribution >= 0.6 is 34.8 Å². The number of rotatable bonds is 5. The number of halogens is 3. The first kappa shape index (κ1) is 20.7. The normalized spacial score (nSPS) is 16.4. The number of piperazine rings is 1. The summed E-state index contributed by atoms with van der Waals surface area (Å²) in [5.74, 6) is 0.808. The van der Waals surface area contributed by atoms with Gasteiger partial charge in [0.05, 0.1) is 22.2 Å². The van der Waals surface area contributed by atoms with Gasteiger partial charge < -0.3 is 4.74 Å². The van der Waals surface area contributed by atoms with Crippen molar-refractivity contribution in [1.29, 1.82) is 0 Å². The highest BCUT2D eigenvalue weighted by Crippen LogP contribution is 2.33. The summed E-state index contributed by atoms with van der Waals surface area (Å²) in [6.07, 6.45) is 0. The first-order chi connectivity index (χ1) is 12.8. The Morgan fingerprint density at radius 1 is 0.963 bits per heavy atom. The Morgan fingerprint density at radius 3 is 2.30 bits per heavy atom. The van der Waals surface area contributed by atoms with Gasteiger partial charge in [0.2, 0.25) is 10.0 Å². The maximum atomic E-state index is 12.9. The number of hydrogen-bond acceptors (Lipinski definition) is 4. The molecule has 0 N–H and O–H groups in total. The van der Waals surface area contributed by atoms with E-state index in [1.165, 1.54) is 16.4 Å². The second kappa shape index (κ2) is 8.55. The standard InChI is InChI=1S/C18H19Cl3N2O3S/c1-26-14-4-2-3-13(9-14)12-22-5-7-23(8-6-22)27(24,25)18-11-16(20)15(19)10-17(18)21/h2-4,9-11H,5-8,12H2,1H3. The van der Waals surface area contributed by atoms with Gasteiger partial charge in [-0.1, -0.05) is 46.9 Å². The second-order valence-electron chi connectivity index (χ2n) is 6.23. The highest BCUT2D eigenvalue weighted by atomic mass is 35.5. The lowest BCUT2D eigenvalue weighted by atomic mass is 10.2. The summed E-state index contributed by atoms with van der Waals surface area (Å²) in [5, 5.41) is 0.461. The van der Waals surface area contributed by atoms with Crippen molar-refractivity contribution in [3.63, 3.8) is 0 Å². The Hall–Kier alpha value is -1.02.